The molecule has 2 heterocycles. The summed E-state index contributed by atoms with van der Waals surface area (Å²) in [6.07, 6.45) is 1.80. The summed E-state index contributed by atoms with van der Waals surface area (Å²) in [6.45, 7) is 0.319. The number of carboxylic acid groups (broad SMARTS) is 1. The van der Waals surface area contributed by atoms with Gasteiger partial charge in [0, 0.05) is 16.0 Å². The van der Waals surface area contributed by atoms with E-state index in [9.17, 15) is 9.59 Å². The summed E-state index contributed by atoms with van der Waals surface area (Å²) in [5.41, 5.74) is 1.90. The van der Waals surface area contributed by atoms with E-state index >= 15 is 0 Å². The van der Waals surface area contributed by atoms with Crippen LogP contribution < -0.4 is 5.56 Å². The Kier molecular flexibility index (Phi) is 4.21. The van der Waals surface area contributed by atoms with Gasteiger partial charge in [0.05, 0.1) is 18.3 Å². The minimum absolute atomic E-state index is 0.319. The quantitative estimate of drug-likeness (QED) is 0.566. The van der Waals surface area contributed by atoms with Crippen molar-refractivity contribution in [3.63, 3.8) is 0 Å². The lowest BCUT2D eigenvalue weighted by molar-refractivity contribution is 0.0695. The molecule has 2 N–H and O–H groups in total. The molecule has 0 unspecified atom stereocenters. The zero-order valence-corrected chi connectivity index (χ0v) is 14.6. The lowest BCUT2D eigenvalue weighted by Crippen LogP contribution is -2.17. The Morgan fingerprint density at radius 2 is 1.96 bits per heavy atom. The number of pyridine rings is 1. The average molecular weight is 381 g/mol. The molecule has 0 aliphatic carbocycles. The lowest BCUT2D eigenvalue weighted by atomic mass is 10.1. The Morgan fingerprint density at radius 3 is 2.70 bits per heavy atom. The predicted molar refractivity (Wildman–Crippen MR) is 101 cm³/mol. The lowest BCUT2D eigenvalue weighted by Gasteiger charge is -2.08. The Morgan fingerprint density at radius 1 is 1.19 bits per heavy atom. The molecule has 0 saturated carbocycles. The molecule has 27 heavy (non-hydrogen) atoms. The van der Waals surface area contributed by atoms with Crippen LogP contribution in [0.15, 0.2) is 59.5 Å². The fourth-order valence-corrected chi connectivity index (χ4v) is 3.18. The highest BCUT2D eigenvalue weighted by molar-refractivity contribution is 6.31. The van der Waals surface area contributed by atoms with E-state index in [1.165, 1.54) is 6.07 Å². The van der Waals surface area contributed by atoms with Crippen molar-refractivity contribution in [2.75, 3.05) is 0 Å². The maximum Gasteiger partial charge on any atom is 0.341 e. The number of hydrogen-bond acceptors (Lipinski definition) is 4. The van der Waals surface area contributed by atoms with Gasteiger partial charge in [-0.05, 0) is 23.8 Å². The number of nitrogens with zero attached hydrogens (tertiary/aromatic N) is 3. The number of fused-ring (bicyclic) bond motifs is 1. The molecule has 134 valence electrons. The number of halogens is 1. The third kappa shape index (κ3) is 3.32. The fourth-order valence-electron chi connectivity index (χ4n) is 2.93. The number of benzene rings is 2. The monoisotopic (exact) mass is 380 g/mol. The van der Waals surface area contributed by atoms with E-state index in [1.54, 1.807) is 23.0 Å². The number of carbonyl (C=O) groups is 1. The SMILES string of the molecule is O=C(O)c1cc2cc(Cl)cc(Cn3cc(-c4ccccc4)nn3)c2[nH]c1=O. The van der Waals surface area contributed by atoms with Crippen molar-refractivity contribution in [1.82, 2.24) is 20.0 Å². The molecule has 2 aromatic heterocycles. The molecule has 0 spiro atoms. The number of carboxylic acids is 1. The van der Waals surface area contributed by atoms with Crippen LogP contribution in [-0.4, -0.2) is 31.1 Å². The Bertz CT molecular complexity index is 1210. The van der Waals surface area contributed by atoms with Gasteiger partial charge in [-0.3, -0.25) is 4.79 Å². The van der Waals surface area contributed by atoms with Crippen molar-refractivity contribution in [3.8, 4) is 11.3 Å². The Labute approximate surface area is 157 Å². The first-order valence-corrected chi connectivity index (χ1v) is 8.43. The molecular weight excluding hydrogens is 368 g/mol. The topological polar surface area (TPSA) is 101 Å². The van der Waals surface area contributed by atoms with Crippen LogP contribution in [0.2, 0.25) is 5.02 Å². The van der Waals surface area contributed by atoms with Gasteiger partial charge >= 0.3 is 5.97 Å². The standard InChI is InChI=1S/C19H13ClN4O3/c20-14-6-12-8-15(19(26)27)18(25)21-17(12)13(7-14)9-24-10-16(22-23-24)11-4-2-1-3-5-11/h1-8,10H,9H2,(H,21,25)(H,26,27). The molecule has 0 aliphatic rings. The molecule has 0 amide bonds. The smallest absolute Gasteiger partial charge is 0.341 e. The summed E-state index contributed by atoms with van der Waals surface area (Å²) in [6, 6.07) is 14.3. The summed E-state index contributed by atoms with van der Waals surface area (Å²) >= 11 is 6.18. The van der Waals surface area contributed by atoms with Gasteiger partial charge in [-0.25, -0.2) is 9.48 Å². The van der Waals surface area contributed by atoms with Crippen LogP contribution in [0.1, 0.15) is 15.9 Å². The van der Waals surface area contributed by atoms with Crippen LogP contribution in [0.25, 0.3) is 22.2 Å². The largest absolute Gasteiger partial charge is 0.477 e. The van der Waals surface area contributed by atoms with Gasteiger partial charge in [-0.2, -0.15) is 0 Å². The molecule has 0 atom stereocenters. The molecule has 0 bridgehead atoms. The van der Waals surface area contributed by atoms with Crippen LogP contribution >= 0.6 is 11.6 Å². The molecule has 4 aromatic rings. The molecule has 0 saturated heterocycles. The first kappa shape index (κ1) is 17.0. The van der Waals surface area contributed by atoms with E-state index in [1.807, 2.05) is 30.3 Å². The van der Waals surface area contributed by atoms with Crippen molar-refractivity contribution in [2.45, 2.75) is 6.54 Å². The maximum atomic E-state index is 12.0. The average Bonchev–Trinajstić information content (AvgIpc) is 3.11. The van der Waals surface area contributed by atoms with Crippen LogP contribution in [0.4, 0.5) is 0 Å². The van der Waals surface area contributed by atoms with Gasteiger partial charge in [0.15, 0.2) is 0 Å². The minimum Gasteiger partial charge on any atom is -0.477 e. The van der Waals surface area contributed by atoms with Crippen molar-refractivity contribution < 1.29 is 9.90 Å². The van der Waals surface area contributed by atoms with E-state index in [0.29, 0.717) is 28.0 Å². The Balaban J connectivity index is 1.76. The van der Waals surface area contributed by atoms with Gasteiger partial charge in [0.1, 0.15) is 11.3 Å². The summed E-state index contributed by atoms with van der Waals surface area (Å²) < 4.78 is 1.64. The molecule has 0 fully saturated rings. The molecular formula is C19H13ClN4O3. The van der Waals surface area contributed by atoms with Gasteiger partial charge in [0.2, 0.25) is 0 Å². The van der Waals surface area contributed by atoms with Crippen molar-refractivity contribution >= 4 is 28.5 Å². The molecule has 8 heteroatoms. The number of aromatic carboxylic acids is 1. The van der Waals surface area contributed by atoms with Crippen LogP contribution in [0.3, 0.4) is 0 Å². The zero-order valence-electron chi connectivity index (χ0n) is 13.9. The highest BCUT2D eigenvalue weighted by atomic mass is 35.5. The third-order valence-corrected chi connectivity index (χ3v) is 4.39. The summed E-state index contributed by atoms with van der Waals surface area (Å²) in [5.74, 6) is -1.29. The third-order valence-electron chi connectivity index (χ3n) is 4.17. The van der Waals surface area contributed by atoms with Crippen molar-refractivity contribution in [3.05, 3.63) is 81.2 Å². The normalized spacial score (nSPS) is 11.0. The number of H-pyrrole nitrogens is 1. The summed E-state index contributed by atoms with van der Waals surface area (Å²) in [7, 11) is 0. The number of aromatic nitrogens is 4. The first-order chi connectivity index (χ1) is 13.0. The van der Waals surface area contributed by atoms with E-state index in [4.69, 9.17) is 16.7 Å². The second-order valence-corrected chi connectivity index (χ2v) is 6.45. The molecule has 4 rings (SSSR count). The number of aromatic amines is 1. The van der Waals surface area contributed by atoms with Gasteiger partial charge in [-0.1, -0.05) is 47.1 Å². The maximum absolute atomic E-state index is 12.0. The van der Waals surface area contributed by atoms with Crippen molar-refractivity contribution in [2.24, 2.45) is 0 Å². The zero-order chi connectivity index (χ0) is 19.0. The van der Waals surface area contributed by atoms with Gasteiger partial charge in [0.25, 0.3) is 5.56 Å². The number of hydrogen-bond donors (Lipinski definition) is 2. The molecule has 0 aliphatic heterocycles. The second kappa shape index (κ2) is 6.69. The Hall–Kier alpha value is -3.45. The van der Waals surface area contributed by atoms with Crippen molar-refractivity contribution in [1.29, 1.82) is 0 Å². The van der Waals surface area contributed by atoms with E-state index in [-0.39, 0.29) is 5.56 Å². The number of rotatable bonds is 4. The predicted octanol–water partition coefficient (Wildman–Crippen LogP) is 3.19. The highest BCUT2D eigenvalue weighted by Gasteiger charge is 2.14. The van der Waals surface area contributed by atoms with E-state index in [0.717, 1.165) is 11.3 Å². The highest BCUT2D eigenvalue weighted by Crippen LogP contribution is 2.24. The van der Waals surface area contributed by atoms with Gasteiger partial charge in [-0.15, -0.1) is 5.10 Å². The van der Waals surface area contributed by atoms with E-state index in [2.05, 4.69) is 15.3 Å². The minimum atomic E-state index is -1.29. The first-order valence-electron chi connectivity index (χ1n) is 8.05. The second-order valence-electron chi connectivity index (χ2n) is 6.01. The van der Waals surface area contributed by atoms with Crippen LogP contribution in [-0.2, 0) is 6.54 Å². The summed E-state index contributed by atoms with van der Waals surface area (Å²) in [4.78, 5) is 25.9. The summed E-state index contributed by atoms with van der Waals surface area (Å²) in [5, 5.41) is 18.4. The fraction of sp³-hybridized carbons (Fsp3) is 0.0526. The number of nitrogens with one attached hydrogen (secondary N) is 1. The van der Waals surface area contributed by atoms with Crippen LogP contribution in [0, 0.1) is 0 Å². The molecule has 0 radical (unpaired) electrons. The molecule has 7 nitrogen and oxygen atoms in total. The molecule has 2 aromatic carbocycles. The van der Waals surface area contributed by atoms with Gasteiger partial charge < -0.3 is 10.1 Å². The van der Waals surface area contributed by atoms with E-state index < -0.39 is 11.5 Å². The van der Waals surface area contributed by atoms with Crippen LogP contribution in [0.5, 0.6) is 0 Å².